The van der Waals surface area contributed by atoms with E-state index in [0.29, 0.717) is 32.2 Å². The van der Waals surface area contributed by atoms with Crippen LogP contribution in [0.4, 0.5) is 0 Å². The third-order valence-corrected chi connectivity index (χ3v) is 9.39. The highest BCUT2D eigenvalue weighted by Crippen LogP contribution is 2.15. The normalized spacial score (nSPS) is 11.9. The van der Waals surface area contributed by atoms with Crippen LogP contribution >= 0.6 is 0 Å². The lowest BCUT2D eigenvalue weighted by molar-refractivity contribution is -0.142. The van der Waals surface area contributed by atoms with Crippen molar-refractivity contribution in [1.29, 1.82) is 0 Å². The minimum Gasteiger partial charge on any atom is -0.480 e. The van der Waals surface area contributed by atoms with Gasteiger partial charge in [0.05, 0.1) is 0 Å². The molecule has 0 aromatic rings. The number of hydrogen-bond donors (Lipinski definition) is 3. The molecule has 2 amide bonds. The van der Waals surface area contributed by atoms with E-state index >= 15 is 0 Å². The summed E-state index contributed by atoms with van der Waals surface area (Å²) in [6.45, 7) is 5.10. The zero-order chi connectivity index (χ0) is 33.8. The molecule has 0 aromatic carbocycles. The van der Waals surface area contributed by atoms with Gasteiger partial charge in [-0.15, -0.1) is 0 Å². The first-order valence-corrected chi connectivity index (χ1v) is 20.3. The van der Waals surface area contributed by atoms with E-state index in [-0.39, 0.29) is 11.8 Å². The van der Waals surface area contributed by atoms with Gasteiger partial charge in [-0.05, 0) is 32.1 Å². The monoisotopic (exact) mass is 651 g/mol. The van der Waals surface area contributed by atoms with Gasteiger partial charge in [-0.3, -0.25) is 9.59 Å². The van der Waals surface area contributed by atoms with Crippen molar-refractivity contribution in [3.8, 4) is 0 Å². The Morgan fingerprint density at radius 2 is 0.761 bits per heavy atom. The Kier molecular flexibility index (Phi) is 35.0. The zero-order valence-electron chi connectivity index (χ0n) is 30.8. The molecule has 0 aromatic heterocycles. The summed E-state index contributed by atoms with van der Waals surface area (Å²) in [7, 11) is 0. The van der Waals surface area contributed by atoms with Crippen molar-refractivity contribution in [2.75, 3.05) is 6.54 Å². The van der Waals surface area contributed by atoms with Crippen molar-refractivity contribution in [1.82, 2.24) is 10.6 Å². The smallest absolute Gasteiger partial charge is 0.326 e. The third-order valence-electron chi connectivity index (χ3n) is 9.39. The maximum Gasteiger partial charge on any atom is 0.326 e. The van der Waals surface area contributed by atoms with Gasteiger partial charge in [0.1, 0.15) is 6.04 Å². The van der Waals surface area contributed by atoms with Gasteiger partial charge in [-0.2, -0.15) is 0 Å². The average Bonchev–Trinajstić information content (AvgIpc) is 3.04. The van der Waals surface area contributed by atoms with Gasteiger partial charge in [-0.1, -0.05) is 181 Å². The summed E-state index contributed by atoms with van der Waals surface area (Å²) in [6.07, 6.45) is 38.9. The Morgan fingerprint density at radius 1 is 0.435 bits per heavy atom. The fourth-order valence-corrected chi connectivity index (χ4v) is 6.27. The van der Waals surface area contributed by atoms with Crippen LogP contribution in [0.15, 0.2) is 0 Å². The van der Waals surface area contributed by atoms with Crippen molar-refractivity contribution in [2.24, 2.45) is 0 Å². The minimum atomic E-state index is -0.976. The largest absolute Gasteiger partial charge is 0.480 e. The van der Waals surface area contributed by atoms with Crippen molar-refractivity contribution >= 4 is 17.8 Å². The molecule has 3 N–H and O–H groups in total. The van der Waals surface area contributed by atoms with Gasteiger partial charge in [0.15, 0.2) is 0 Å². The van der Waals surface area contributed by atoms with E-state index in [1.54, 1.807) is 0 Å². The van der Waals surface area contributed by atoms with Gasteiger partial charge >= 0.3 is 5.97 Å². The van der Waals surface area contributed by atoms with E-state index in [4.69, 9.17) is 0 Å². The number of amides is 2. The predicted octanol–water partition coefficient (Wildman–Crippen LogP) is 11.6. The molecule has 0 aliphatic heterocycles. The van der Waals surface area contributed by atoms with Gasteiger partial charge < -0.3 is 15.7 Å². The first-order chi connectivity index (χ1) is 22.5. The lowest BCUT2D eigenvalue weighted by Gasteiger charge is -2.14. The molecule has 0 aliphatic carbocycles. The van der Waals surface area contributed by atoms with E-state index in [1.165, 1.54) is 148 Å². The molecule has 46 heavy (non-hydrogen) atoms. The summed E-state index contributed by atoms with van der Waals surface area (Å²) >= 11 is 0. The number of rotatable bonds is 37. The second kappa shape index (κ2) is 36.2. The molecule has 0 saturated heterocycles. The summed E-state index contributed by atoms with van der Waals surface area (Å²) < 4.78 is 0. The highest BCUT2D eigenvalue weighted by molar-refractivity contribution is 5.83. The molecule has 0 spiro atoms. The molecule has 6 nitrogen and oxygen atoms in total. The molecule has 0 rings (SSSR count). The maximum absolute atomic E-state index is 12.3. The van der Waals surface area contributed by atoms with Crippen LogP contribution < -0.4 is 10.6 Å². The second-order valence-corrected chi connectivity index (χ2v) is 14.0. The minimum absolute atomic E-state index is 0.0923. The molecule has 0 saturated carbocycles. The Labute approximate surface area is 285 Å². The highest BCUT2D eigenvalue weighted by atomic mass is 16.4. The Hall–Kier alpha value is -1.59. The van der Waals surface area contributed by atoms with Gasteiger partial charge in [-0.25, -0.2) is 4.79 Å². The van der Waals surface area contributed by atoms with E-state index < -0.39 is 12.0 Å². The molecule has 1 atom stereocenters. The van der Waals surface area contributed by atoms with Crippen LogP contribution in [0.3, 0.4) is 0 Å². The number of carbonyl (C=O) groups excluding carboxylic acids is 2. The van der Waals surface area contributed by atoms with Crippen molar-refractivity contribution in [2.45, 2.75) is 232 Å². The van der Waals surface area contributed by atoms with Crippen molar-refractivity contribution < 1.29 is 19.5 Å². The number of aliphatic carboxylic acids is 1. The van der Waals surface area contributed by atoms with Crippen LogP contribution in [-0.4, -0.2) is 35.5 Å². The number of carboxylic acid groups (broad SMARTS) is 1. The van der Waals surface area contributed by atoms with Crippen LogP contribution in [0.5, 0.6) is 0 Å². The quantitative estimate of drug-likeness (QED) is 0.0583. The van der Waals surface area contributed by atoms with E-state index in [1.807, 2.05) is 0 Å². The maximum atomic E-state index is 12.3. The van der Waals surface area contributed by atoms with Crippen molar-refractivity contribution in [3.05, 3.63) is 0 Å². The Morgan fingerprint density at radius 3 is 1.11 bits per heavy atom. The molecule has 6 heteroatoms. The van der Waals surface area contributed by atoms with Gasteiger partial charge in [0.25, 0.3) is 0 Å². The third kappa shape index (κ3) is 33.8. The molecule has 0 heterocycles. The summed E-state index contributed by atoms with van der Waals surface area (Å²) in [5, 5.41) is 15.2. The molecule has 0 bridgehead atoms. The highest BCUT2D eigenvalue weighted by Gasteiger charge is 2.19. The Bertz CT molecular complexity index is 684. The molecule has 0 radical (unpaired) electrons. The number of nitrogens with one attached hydrogen (secondary N) is 2. The van der Waals surface area contributed by atoms with Gasteiger partial charge in [0, 0.05) is 19.4 Å². The first-order valence-electron chi connectivity index (χ1n) is 20.3. The van der Waals surface area contributed by atoms with Crippen LogP contribution in [0, 0.1) is 0 Å². The molecule has 0 aliphatic rings. The number of hydrogen-bond acceptors (Lipinski definition) is 3. The fourth-order valence-electron chi connectivity index (χ4n) is 6.27. The fraction of sp³-hybridized carbons (Fsp3) is 0.925. The van der Waals surface area contributed by atoms with Crippen LogP contribution in [-0.2, 0) is 14.4 Å². The SMILES string of the molecule is CCCCCCCCCCCCCCCCCC(=O)N[C@@H](CCCCNC(=O)CCCCCCCCCCCCCCC)C(=O)O. The van der Waals surface area contributed by atoms with Crippen LogP contribution in [0.2, 0.25) is 0 Å². The van der Waals surface area contributed by atoms with E-state index in [2.05, 4.69) is 24.5 Å². The predicted molar refractivity (Wildman–Crippen MR) is 196 cm³/mol. The van der Waals surface area contributed by atoms with Crippen LogP contribution in [0.25, 0.3) is 0 Å². The summed E-state index contributed by atoms with van der Waals surface area (Å²) in [5.41, 5.74) is 0. The standard InChI is InChI=1S/C40H78N2O4/c1-3-5-7-9-11-13-15-17-18-20-22-24-26-28-30-35-39(44)42-37(40(45)46)33-31-32-36-41-38(43)34-29-27-25-23-21-19-16-14-12-10-8-6-4-2/h37H,3-36H2,1-2H3,(H,41,43)(H,42,44)(H,45,46)/t37-/m0/s1. The molecular formula is C40H78N2O4. The Balaban J connectivity index is 3.59. The first kappa shape index (κ1) is 44.4. The summed E-state index contributed by atoms with van der Waals surface area (Å²) in [5.74, 6) is -1.04. The van der Waals surface area contributed by atoms with Crippen molar-refractivity contribution in [3.63, 3.8) is 0 Å². The summed E-state index contributed by atoms with van der Waals surface area (Å²) in [6, 6.07) is -0.842. The molecule has 0 unspecified atom stereocenters. The van der Waals surface area contributed by atoms with Crippen LogP contribution in [0.1, 0.15) is 226 Å². The van der Waals surface area contributed by atoms with Gasteiger partial charge in [0.2, 0.25) is 11.8 Å². The topological polar surface area (TPSA) is 95.5 Å². The zero-order valence-corrected chi connectivity index (χ0v) is 30.8. The lowest BCUT2D eigenvalue weighted by Crippen LogP contribution is -2.40. The molecule has 272 valence electrons. The number of carbonyl (C=O) groups is 3. The molecule has 0 fully saturated rings. The van der Waals surface area contributed by atoms with E-state index in [9.17, 15) is 19.5 Å². The second-order valence-electron chi connectivity index (χ2n) is 14.0. The summed E-state index contributed by atoms with van der Waals surface area (Å²) in [4.78, 5) is 36.1. The number of unbranched alkanes of at least 4 members (excludes halogenated alkanes) is 27. The lowest BCUT2D eigenvalue weighted by atomic mass is 10.0. The van der Waals surface area contributed by atoms with E-state index in [0.717, 1.165) is 38.5 Å². The number of carboxylic acids is 1. The average molecular weight is 651 g/mol. The molecular weight excluding hydrogens is 572 g/mol.